The summed E-state index contributed by atoms with van der Waals surface area (Å²) < 4.78 is 20.1. The number of hydrogen-bond acceptors (Lipinski definition) is 13. The van der Waals surface area contributed by atoms with Crippen LogP contribution in [0.4, 0.5) is 0 Å². The van der Waals surface area contributed by atoms with Crippen LogP contribution in [0.5, 0.6) is 11.5 Å². The van der Waals surface area contributed by atoms with Crippen LogP contribution in [0.15, 0.2) is 129 Å². The van der Waals surface area contributed by atoms with Crippen LogP contribution < -0.4 is 113 Å². The van der Waals surface area contributed by atoms with Crippen molar-refractivity contribution in [3.05, 3.63) is 125 Å². The molecule has 8 aromatic rings. The van der Waals surface area contributed by atoms with E-state index in [1.165, 1.54) is 6.20 Å². The van der Waals surface area contributed by atoms with E-state index >= 15 is 0 Å². The molecule has 0 aliphatic carbocycles. The van der Waals surface area contributed by atoms with E-state index in [0.29, 0.717) is 3.70 Å². The van der Waals surface area contributed by atoms with Gasteiger partial charge in [0, 0.05) is 67.1 Å². The summed E-state index contributed by atoms with van der Waals surface area (Å²) in [6.07, 6.45) is 18.4. The number of rotatable bonds is 2. The molecule has 0 radical (unpaired) electrons. The molecule has 8 heterocycles. The minimum atomic E-state index is -1.36. The number of nitrogens with zero attached hydrogens (tertiary/aromatic N) is 5. The molecule has 13 nitrogen and oxygen atoms in total. The molecule has 2 N–H and O–H groups in total. The molecule has 0 saturated heterocycles. The molecule has 8 rings (SSSR count). The number of fused-ring (bicyclic) bond motifs is 3. The van der Waals surface area contributed by atoms with Gasteiger partial charge < -0.3 is 35.0 Å². The zero-order valence-corrected chi connectivity index (χ0v) is 52.6. The summed E-state index contributed by atoms with van der Waals surface area (Å²) in [5.41, 5.74) is 9.18. The summed E-state index contributed by atoms with van der Waals surface area (Å²) in [7, 11) is -2.46. The number of carbonyl (C=O) groups excluding carboxylic acids is 1. The Kier molecular flexibility index (Phi) is 37.4. The molecule has 0 bridgehead atoms. The van der Waals surface area contributed by atoms with Crippen LogP contribution in [0.1, 0.15) is 21.8 Å². The second-order valence-electron chi connectivity index (χ2n) is 14.1. The standard InChI is InChI=1S/C10H12BrNOSi.C8H7NO.C7H4BrNO.C5H3BrINO.C5H4BrNO.C5H10Si.CH2O3.2CH4.2K.H/c1-14(2,3)10-5-8-9(13-10)4-7(11)6-12-8;1-6-4-8-7(9-5-6)2-3-10-8;8-5-3-7-6(9-4-5)1-2-10-7;6-3-1-4(9)5(7)8-2-3;6-4-1-5(8)3-7-2-4;1-5-6(2,3)4;2-1-4-3;;;;;/h4-6H,1-3H3;2-5H,1H3;1-4H;1-2,9H;1-3,8H;1H,2-4H3;1,3H;2*1H4;;;/q;;;;;;;;;2*+1;-1/p-1. The number of halogens is 5. The van der Waals surface area contributed by atoms with E-state index in [1.807, 2.05) is 66.0 Å². The van der Waals surface area contributed by atoms with Gasteiger partial charge in [-0.25, -0.2) is 4.98 Å². The maximum Gasteiger partial charge on any atom is 1.00 e. The van der Waals surface area contributed by atoms with E-state index in [-0.39, 0.29) is 137 Å². The van der Waals surface area contributed by atoms with E-state index in [4.69, 9.17) is 39.9 Å². The first-order valence-electron chi connectivity index (χ1n) is 17.5. The molecule has 0 amide bonds. The zero-order valence-electron chi connectivity index (χ0n) is 36.9. The van der Waals surface area contributed by atoms with Gasteiger partial charge in [0.05, 0.1) is 24.1 Å². The number of aryl methyl sites for hydroxylation is 1. The van der Waals surface area contributed by atoms with Gasteiger partial charge in [0.2, 0.25) is 0 Å². The number of furan rings is 3. The smallest absolute Gasteiger partial charge is 1.00 e. The maximum atomic E-state index is 9.00. The number of hydrogen-bond donors (Lipinski definition) is 2. The Morgan fingerprint density at radius 3 is 1.60 bits per heavy atom. The molecule has 0 spiro atoms. The molecule has 0 unspecified atom stereocenters. The monoisotopic (exact) mass is 1340 g/mol. The molecule has 0 aliphatic heterocycles. The van der Waals surface area contributed by atoms with E-state index in [1.54, 1.807) is 49.4 Å². The summed E-state index contributed by atoms with van der Waals surface area (Å²) >= 11 is 14.9. The maximum absolute atomic E-state index is 9.00. The Labute approximate surface area is 516 Å². The van der Waals surface area contributed by atoms with Crippen LogP contribution in [0.3, 0.4) is 0 Å². The Hall–Kier alpha value is -0.684. The quantitative estimate of drug-likeness (QED) is 0.0346. The van der Waals surface area contributed by atoms with Gasteiger partial charge in [-0.05, 0) is 129 Å². The van der Waals surface area contributed by atoms with Crippen molar-refractivity contribution in [3.63, 3.8) is 0 Å². The average molecular weight is 1350 g/mol. The van der Waals surface area contributed by atoms with E-state index in [2.05, 4.69) is 144 Å². The predicted molar refractivity (Wildman–Crippen MR) is 279 cm³/mol. The van der Waals surface area contributed by atoms with Gasteiger partial charge in [-0.15, -0.1) is 12.0 Å². The van der Waals surface area contributed by atoms with Crippen molar-refractivity contribution in [1.29, 1.82) is 0 Å². The summed E-state index contributed by atoms with van der Waals surface area (Å²) in [5, 5.41) is 27.3. The molecule has 0 aromatic carbocycles. The van der Waals surface area contributed by atoms with Crippen molar-refractivity contribution < 1.29 is 143 Å². The minimum Gasteiger partial charge on any atom is -1.00 e. The number of aromatic nitrogens is 5. The van der Waals surface area contributed by atoms with Gasteiger partial charge in [-0.1, -0.05) is 54.1 Å². The third-order valence-corrected chi connectivity index (χ3v) is 11.9. The molecule has 0 fully saturated rings. The normalized spacial score (nSPS) is 9.60. The van der Waals surface area contributed by atoms with Crippen molar-refractivity contribution >= 4 is 148 Å². The van der Waals surface area contributed by atoms with Gasteiger partial charge in [-0.2, -0.15) is 0 Å². The Morgan fingerprint density at radius 2 is 1.17 bits per heavy atom. The van der Waals surface area contributed by atoms with Crippen LogP contribution in [-0.4, -0.2) is 57.8 Å². The van der Waals surface area contributed by atoms with E-state index in [0.717, 1.165) is 62.1 Å². The van der Waals surface area contributed by atoms with Crippen LogP contribution in [0.25, 0.3) is 33.3 Å². The van der Waals surface area contributed by atoms with Gasteiger partial charge in [0.15, 0.2) is 16.7 Å². The van der Waals surface area contributed by atoms with Gasteiger partial charge in [-0.3, -0.25) is 24.7 Å². The molecule has 340 valence electrons. The second-order valence-corrected chi connectivity index (χ2v) is 28.5. The number of pyridine rings is 5. The Morgan fingerprint density at radius 1 is 0.723 bits per heavy atom. The van der Waals surface area contributed by atoms with Gasteiger partial charge >= 0.3 is 103 Å². The predicted octanol–water partition coefficient (Wildman–Crippen LogP) is 6.89. The van der Waals surface area contributed by atoms with Crippen molar-refractivity contribution in [3.8, 4) is 23.5 Å². The first-order chi connectivity index (χ1) is 28.6. The largest absolute Gasteiger partial charge is 1.00 e. The zero-order chi connectivity index (χ0) is 45.8. The van der Waals surface area contributed by atoms with Crippen LogP contribution in [0.2, 0.25) is 39.3 Å². The number of terminal acetylenes is 1. The Bertz CT molecular complexity index is 2560. The molecular formula is C43H50Br4IK2N5O8Si2. The minimum absolute atomic E-state index is 0. The fraction of sp³-hybridized carbons (Fsp3) is 0.209. The molecule has 65 heavy (non-hydrogen) atoms. The number of carbonyl (C=O) groups is 1. The molecule has 0 saturated carbocycles. The van der Waals surface area contributed by atoms with Crippen LogP contribution >= 0.6 is 86.3 Å². The SMILES string of the molecule is Brc1cnc2ccoc2c1.C.C.C#C[Si](C)(C)C.C[Si](C)(C)c1cc2ncc(Br)cc2o1.Cc1cnc2ccoc2c1.O=CO[O-].Oc1cc(Br)cnc1I.Oc1cncc(Br)c1.[H-].[K+].[K+]. The molecular weight excluding hydrogens is 1300 g/mol. The van der Waals surface area contributed by atoms with E-state index in [9.17, 15) is 0 Å². The first-order valence-corrected chi connectivity index (χ1v) is 28.7. The molecule has 22 heteroatoms. The fourth-order valence-electron chi connectivity index (χ4n) is 3.84. The molecule has 8 aromatic heterocycles. The third-order valence-electron chi connectivity index (χ3n) is 6.73. The third kappa shape index (κ3) is 28.5. The second kappa shape index (κ2) is 35.4. The van der Waals surface area contributed by atoms with Crippen molar-refractivity contribution in [2.24, 2.45) is 0 Å². The fourth-order valence-corrected chi connectivity index (χ4v) is 6.42. The molecule has 0 atom stereocenters. The van der Waals surface area contributed by atoms with Crippen LogP contribution in [0, 0.1) is 22.6 Å². The van der Waals surface area contributed by atoms with Crippen molar-refractivity contribution in [1.82, 2.24) is 24.9 Å². The van der Waals surface area contributed by atoms with Gasteiger partial charge in [0.25, 0.3) is 6.47 Å². The van der Waals surface area contributed by atoms with E-state index < -0.39 is 16.1 Å². The summed E-state index contributed by atoms with van der Waals surface area (Å²) in [4.78, 5) is 31.3. The number of aromatic hydroxyl groups is 2. The molecule has 0 aliphatic rings. The van der Waals surface area contributed by atoms with Crippen molar-refractivity contribution in [2.45, 2.75) is 61.1 Å². The summed E-state index contributed by atoms with van der Waals surface area (Å²) in [5.74, 6) is 0.393. The summed E-state index contributed by atoms with van der Waals surface area (Å²) in [6, 6.07) is 14.8. The average Bonchev–Trinajstić information content (AvgIpc) is 3.97. The first kappa shape index (κ1) is 68.6. The van der Waals surface area contributed by atoms with Crippen LogP contribution in [-0.2, 0) is 9.68 Å². The van der Waals surface area contributed by atoms with Gasteiger partial charge in [0.1, 0.15) is 47.9 Å². The Balaban J connectivity index is -0.000000344. The van der Waals surface area contributed by atoms with Crippen molar-refractivity contribution in [2.75, 3.05) is 0 Å². The summed E-state index contributed by atoms with van der Waals surface area (Å²) in [6.45, 7) is 15.0. The topological polar surface area (TPSA) is 194 Å².